The molecule has 0 fully saturated rings. The van der Waals surface area contributed by atoms with Crippen LogP contribution in [0.15, 0.2) is 28.7 Å². The van der Waals surface area contributed by atoms with E-state index in [0.717, 1.165) is 4.47 Å². The summed E-state index contributed by atoms with van der Waals surface area (Å²) in [5.74, 6) is -1.21. The number of hydrogen-bond acceptors (Lipinski definition) is 2. The minimum atomic E-state index is -0.641. The number of halogens is 1. The molecule has 0 aliphatic carbocycles. The van der Waals surface area contributed by atoms with Crippen LogP contribution in [0.5, 0.6) is 0 Å². The van der Waals surface area contributed by atoms with Gasteiger partial charge in [0.05, 0.1) is 0 Å². The molecule has 15 heavy (non-hydrogen) atoms. The molecule has 1 aromatic rings. The Morgan fingerprint density at radius 1 is 1.33 bits per heavy atom. The first-order chi connectivity index (χ1) is 7.00. The van der Waals surface area contributed by atoms with Crippen molar-refractivity contribution in [1.29, 1.82) is 0 Å². The summed E-state index contributed by atoms with van der Waals surface area (Å²) >= 11 is 3.27. The van der Waals surface area contributed by atoms with Gasteiger partial charge < -0.3 is 10.2 Å². The summed E-state index contributed by atoms with van der Waals surface area (Å²) < 4.78 is 0.845. The van der Waals surface area contributed by atoms with Crippen LogP contribution in [0.3, 0.4) is 0 Å². The van der Waals surface area contributed by atoms with Crippen molar-refractivity contribution in [3.63, 3.8) is 0 Å². The minimum absolute atomic E-state index is 0.574. The zero-order valence-corrected chi connectivity index (χ0v) is 10.0. The predicted molar refractivity (Wildman–Crippen MR) is 61.5 cm³/mol. The van der Waals surface area contributed by atoms with Crippen LogP contribution < -0.4 is 5.32 Å². The third-order valence-corrected chi connectivity index (χ3v) is 2.18. The number of carbonyl (C=O) groups excluding carboxylic acids is 2. The zero-order valence-electron chi connectivity index (χ0n) is 8.45. The van der Waals surface area contributed by atoms with E-state index in [1.807, 2.05) is 6.07 Å². The number of nitrogens with zero attached hydrogens (tertiary/aromatic N) is 1. The minimum Gasteiger partial charge on any atom is -0.341 e. The fourth-order valence-corrected chi connectivity index (χ4v) is 1.35. The lowest BCUT2D eigenvalue weighted by molar-refractivity contribution is -0.141. The first-order valence-electron chi connectivity index (χ1n) is 4.29. The number of anilines is 1. The van der Waals surface area contributed by atoms with Crippen molar-refractivity contribution < 1.29 is 9.59 Å². The van der Waals surface area contributed by atoms with Gasteiger partial charge in [0.1, 0.15) is 0 Å². The summed E-state index contributed by atoms with van der Waals surface area (Å²) in [5.41, 5.74) is 0.588. The second kappa shape index (κ2) is 4.93. The van der Waals surface area contributed by atoms with Crippen LogP contribution >= 0.6 is 15.9 Å². The maximum absolute atomic E-state index is 11.3. The van der Waals surface area contributed by atoms with Crippen molar-refractivity contribution in [1.82, 2.24) is 4.90 Å². The van der Waals surface area contributed by atoms with E-state index in [1.54, 1.807) is 18.2 Å². The average molecular weight is 271 g/mol. The highest BCUT2D eigenvalue weighted by Crippen LogP contribution is 2.15. The summed E-state index contributed by atoms with van der Waals surface area (Å²) in [6.07, 6.45) is 0. The Kier molecular flexibility index (Phi) is 3.85. The Labute approximate surface area is 96.4 Å². The number of likely N-dealkylation sites (N-methyl/N-ethyl adjacent to an activating group) is 1. The van der Waals surface area contributed by atoms with Gasteiger partial charge in [-0.2, -0.15) is 0 Å². The van der Waals surface area contributed by atoms with E-state index in [9.17, 15) is 9.59 Å². The number of carbonyl (C=O) groups is 2. The van der Waals surface area contributed by atoms with E-state index >= 15 is 0 Å². The molecule has 0 aromatic heterocycles. The van der Waals surface area contributed by atoms with Gasteiger partial charge in [0, 0.05) is 24.3 Å². The van der Waals surface area contributed by atoms with Crippen molar-refractivity contribution >= 4 is 33.4 Å². The molecule has 0 heterocycles. The molecule has 0 atom stereocenters. The maximum Gasteiger partial charge on any atom is 0.313 e. The number of benzene rings is 1. The monoisotopic (exact) mass is 270 g/mol. The normalized spacial score (nSPS) is 9.53. The van der Waals surface area contributed by atoms with E-state index in [2.05, 4.69) is 21.2 Å². The third-order valence-electron chi connectivity index (χ3n) is 1.68. The third kappa shape index (κ3) is 3.36. The summed E-state index contributed by atoms with van der Waals surface area (Å²) in [6, 6.07) is 7.05. The van der Waals surface area contributed by atoms with Gasteiger partial charge >= 0.3 is 11.8 Å². The van der Waals surface area contributed by atoms with E-state index in [4.69, 9.17) is 0 Å². The largest absolute Gasteiger partial charge is 0.341 e. The SMILES string of the molecule is CN(C)C(=O)C(=O)Nc1cccc(Br)c1. The summed E-state index contributed by atoms with van der Waals surface area (Å²) in [4.78, 5) is 23.8. The first kappa shape index (κ1) is 11.7. The fraction of sp³-hybridized carbons (Fsp3) is 0.200. The van der Waals surface area contributed by atoms with Crippen LogP contribution in [0.25, 0.3) is 0 Å². The molecule has 0 saturated carbocycles. The van der Waals surface area contributed by atoms with E-state index in [0.29, 0.717) is 5.69 Å². The number of nitrogens with one attached hydrogen (secondary N) is 1. The smallest absolute Gasteiger partial charge is 0.313 e. The van der Waals surface area contributed by atoms with Crippen molar-refractivity contribution in [2.75, 3.05) is 19.4 Å². The van der Waals surface area contributed by atoms with Crippen LogP contribution in [0.2, 0.25) is 0 Å². The van der Waals surface area contributed by atoms with Crippen LogP contribution in [0.4, 0.5) is 5.69 Å². The Morgan fingerprint density at radius 2 is 2.00 bits per heavy atom. The first-order valence-corrected chi connectivity index (χ1v) is 5.08. The number of rotatable bonds is 1. The molecule has 0 aliphatic heterocycles. The molecule has 1 N–H and O–H groups in total. The molecule has 0 radical (unpaired) electrons. The highest BCUT2D eigenvalue weighted by atomic mass is 79.9. The van der Waals surface area contributed by atoms with E-state index in [-0.39, 0.29) is 0 Å². The van der Waals surface area contributed by atoms with Crippen molar-refractivity contribution in [2.45, 2.75) is 0 Å². The summed E-state index contributed by atoms with van der Waals surface area (Å²) in [5, 5.41) is 2.50. The van der Waals surface area contributed by atoms with Gasteiger partial charge in [0.25, 0.3) is 0 Å². The lowest BCUT2D eigenvalue weighted by Gasteiger charge is -2.10. The van der Waals surface area contributed by atoms with Crippen molar-refractivity contribution in [3.05, 3.63) is 28.7 Å². The van der Waals surface area contributed by atoms with E-state index < -0.39 is 11.8 Å². The Balaban J connectivity index is 2.71. The molecular formula is C10H11BrN2O2. The topological polar surface area (TPSA) is 49.4 Å². The molecule has 5 heteroatoms. The molecule has 1 rings (SSSR count). The van der Waals surface area contributed by atoms with Crippen molar-refractivity contribution in [2.24, 2.45) is 0 Å². The van der Waals surface area contributed by atoms with Gasteiger partial charge in [-0.25, -0.2) is 0 Å². The molecule has 0 aliphatic rings. The average Bonchev–Trinajstić information content (AvgIpc) is 2.16. The van der Waals surface area contributed by atoms with Crippen LogP contribution in [0, 0.1) is 0 Å². The molecule has 80 valence electrons. The van der Waals surface area contributed by atoms with Crippen LogP contribution in [-0.2, 0) is 9.59 Å². The molecule has 0 spiro atoms. The lowest BCUT2D eigenvalue weighted by atomic mass is 10.3. The molecule has 2 amide bonds. The van der Waals surface area contributed by atoms with Crippen LogP contribution in [-0.4, -0.2) is 30.8 Å². The van der Waals surface area contributed by atoms with Gasteiger partial charge in [-0.1, -0.05) is 22.0 Å². The highest BCUT2D eigenvalue weighted by molar-refractivity contribution is 9.10. The van der Waals surface area contributed by atoms with Gasteiger partial charge in [-0.3, -0.25) is 9.59 Å². The quantitative estimate of drug-likeness (QED) is 0.786. The standard InChI is InChI=1S/C10H11BrN2O2/c1-13(2)10(15)9(14)12-8-5-3-4-7(11)6-8/h3-6H,1-2H3,(H,12,14). The molecule has 4 nitrogen and oxygen atoms in total. The van der Waals surface area contributed by atoms with Gasteiger partial charge in [-0.15, -0.1) is 0 Å². The molecule has 0 saturated heterocycles. The summed E-state index contributed by atoms with van der Waals surface area (Å²) in [6.45, 7) is 0. The highest BCUT2D eigenvalue weighted by Gasteiger charge is 2.15. The second-order valence-corrected chi connectivity index (χ2v) is 4.08. The lowest BCUT2D eigenvalue weighted by Crippen LogP contribution is -2.34. The van der Waals surface area contributed by atoms with E-state index in [1.165, 1.54) is 19.0 Å². The molecule has 0 bridgehead atoms. The number of hydrogen-bond donors (Lipinski definition) is 1. The fourth-order valence-electron chi connectivity index (χ4n) is 0.954. The Morgan fingerprint density at radius 3 is 2.53 bits per heavy atom. The predicted octanol–water partition coefficient (Wildman–Crippen LogP) is 1.48. The zero-order chi connectivity index (χ0) is 11.4. The van der Waals surface area contributed by atoms with Gasteiger partial charge in [0.2, 0.25) is 0 Å². The van der Waals surface area contributed by atoms with Gasteiger partial charge in [0.15, 0.2) is 0 Å². The summed E-state index contributed by atoms with van der Waals surface area (Å²) in [7, 11) is 3.06. The molecular weight excluding hydrogens is 260 g/mol. The molecule has 0 unspecified atom stereocenters. The van der Waals surface area contributed by atoms with Crippen LogP contribution in [0.1, 0.15) is 0 Å². The maximum atomic E-state index is 11.3. The molecule has 1 aromatic carbocycles. The number of amides is 2. The Bertz CT molecular complexity index is 391. The van der Waals surface area contributed by atoms with Crippen molar-refractivity contribution in [3.8, 4) is 0 Å². The van der Waals surface area contributed by atoms with Gasteiger partial charge in [-0.05, 0) is 18.2 Å². The Hall–Kier alpha value is -1.36. The second-order valence-electron chi connectivity index (χ2n) is 3.16.